The van der Waals surface area contributed by atoms with Crippen molar-refractivity contribution < 1.29 is 18.7 Å². The first kappa shape index (κ1) is 17.5. The maximum absolute atomic E-state index is 14.3. The topological polar surface area (TPSA) is 85.9 Å². The maximum atomic E-state index is 14.3. The number of rotatable bonds is 3. The molecule has 1 atom stereocenters. The van der Waals surface area contributed by atoms with E-state index in [4.69, 9.17) is 26.8 Å². The predicted molar refractivity (Wildman–Crippen MR) is 94.9 cm³/mol. The number of hydrogen-bond donors (Lipinski definition) is 2. The lowest BCUT2D eigenvalue weighted by Gasteiger charge is -2.30. The fourth-order valence-corrected chi connectivity index (χ4v) is 3.36. The molecule has 0 aliphatic carbocycles. The fourth-order valence-electron chi connectivity index (χ4n) is 2.48. The molecule has 0 radical (unpaired) electrons. The number of hydrogen-bond acceptors (Lipinski definition) is 6. The number of carbonyl (C=O) groups is 1. The van der Waals surface area contributed by atoms with E-state index in [9.17, 15) is 9.18 Å². The summed E-state index contributed by atoms with van der Waals surface area (Å²) in [6.07, 6.45) is -0.233. The van der Waals surface area contributed by atoms with Gasteiger partial charge in [-0.05, 0) is 37.3 Å². The average molecular weight is 384 g/mol. The van der Waals surface area contributed by atoms with Crippen LogP contribution in [0.25, 0.3) is 0 Å². The van der Waals surface area contributed by atoms with E-state index >= 15 is 0 Å². The summed E-state index contributed by atoms with van der Waals surface area (Å²) in [7, 11) is 0. The van der Waals surface area contributed by atoms with Crippen LogP contribution in [0.2, 0.25) is 4.34 Å². The number of aliphatic imine (C=N–C) groups is 1. The van der Waals surface area contributed by atoms with Crippen LogP contribution in [-0.2, 0) is 10.3 Å². The van der Waals surface area contributed by atoms with Gasteiger partial charge in [-0.1, -0.05) is 22.9 Å². The van der Waals surface area contributed by atoms with Crippen LogP contribution in [0.4, 0.5) is 14.9 Å². The Bertz CT molecular complexity index is 842. The molecule has 0 unspecified atom stereocenters. The fraction of sp³-hybridized carbons (Fsp3) is 0.250. The molecule has 6 nitrogen and oxygen atoms in total. The highest BCUT2D eigenvalue weighted by atomic mass is 35.5. The number of carbonyl (C=O) groups excluding carboxylic acids is 1. The van der Waals surface area contributed by atoms with Crippen LogP contribution in [0, 0.1) is 5.82 Å². The molecule has 0 fully saturated rings. The van der Waals surface area contributed by atoms with Gasteiger partial charge in [0.2, 0.25) is 0 Å². The average Bonchev–Trinajstić information content (AvgIpc) is 2.93. The number of amides is 1. The van der Waals surface area contributed by atoms with Gasteiger partial charge in [-0.3, -0.25) is 5.32 Å². The van der Waals surface area contributed by atoms with Gasteiger partial charge in [0.1, 0.15) is 5.82 Å². The zero-order chi connectivity index (χ0) is 18.0. The van der Waals surface area contributed by atoms with Gasteiger partial charge in [-0.15, -0.1) is 0 Å². The number of ether oxygens (including phenoxy) is 2. The molecule has 1 aromatic heterocycles. The number of nitrogens with zero attached hydrogens (tertiary/aromatic N) is 1. The number of benzene rings is 1. The molecule has 3 N–H and O–H groups in total. The Labute approximate surface area is 152 Å². The zero-order valence-electron chi connectivity index (χ0n) is 13.2. The Morgan fingerprint density at radius 3 is 2.96 bits per heavy atom. The van der Waals surface area contributed by atoms with Crippen molar-refractivity contribution in [2.45, 2.75) is 18.9 Å². The van der Waals surface area contributed by atoms with Crippen LogP contribution < -0.4 is 15.8 Å². The number of anilines is 1. The van der Waals surface area contributed by atoms with Gasteiger partial charge in [0.15, 0.2) is 5.06 Å². The second kappa shape index (κ2) is 6.89. The first-order valence-corrected chi connectivity index (χ1v) is 8.57. The Morgan fingerprint density at radius 2 is 2.28 bits per heavy atom. The van der Waals surface area contributed by atoms with E-state index in [1.807, 2.05) is 0 Å². The van der Waals surface area contributed by atoms with Gasteiger partial charge >= 0.3 is 6.09 Å². The minimum Gasteiger partial charge on any atom is -0.465 e. The van der Waals surface area contributed by atoms with Gasteiger partial charge in [-0.2, -0.15) is 0 Å². The molecular weight excluding hydrogens is 369 g/mol. The molecule has 1 aliphatic rings. The monoisotopic (exact) mass is 383 g/mol. The van der Waals surface area contributed by atoms with Crippen molar-refractivity contribution in [3.8, 4) is 5.06 Å². The molecule has 0 bridgehead atoms. The van der Waals surface area contributed by atoms with Crippen LogP contribution in [-0.4, -0.2) is 18.7 Å². The van der Waals surface area contributed by atoms with E-state index in [1.54, 1.807) is 19.1 Å². The molecular formula is C16H15ClFN3O3S. The minimum absolute atomic E-state index is 0.0143. The molecule has 3 rings (SSSR count). The Balaban J connectivity index is 1.79. The van der Waals surface area contributed by atoms with E-state index in [-0.39, 0.29) is 6.02 Å². The summed E-state index contributed by atoms with van der Waals surface area (Å²) in [6.45, 7) is 2.10. The van der Waals surface area contributed by atoms with E-state index < -0.39 is 17.4 Å². The van der Waals surface area contributed by atoms with Crippen LogP contribution in [0.3, 0.4) is 0 Å². The standard InChI is InChI=1S/C16H15ClFN3O3S/c1-16(6-7-23-14(19)21-16)10-8-9(2-3-11(10)18)20-15(22)24-13-5-4-12(17)25-13/h2-5,8H,6-7H2,1H3,(H2,19,21)(H,20,22)/t16-/m0/s1. The first-order valence-electron chi connectivity index (χ1n) is 7.38. The van der Waals surface area contributed by atoms with Crippen LogP contribution in [0.15, 0.2) is 35.3 Å². The van der Waals surface area contributed by atoms with Crippen molar-refractivity contribution in [1.82, 2.24) is 0 Å². The lowest BCUT2D eigenvalue weighted by atomic mass is 9.88. The van der Waals surface area contributed by atoms with Crippen molar-refractivity contribution in [3.63, 3.8) is 0 Å². The van der Waals surface area contributed by atoms with E-state index in [0.29, 0.717) is 33.7 Å². The lowest BCUT2D eigenvalue weighted by molar-refractivity contribution is 0.214. The van der Waals surface area contributed by atoms with Gasteiger partial charge < -0.3 is 15.2 Å². The summed E-state index contributed by atoms with van der Waals surface area (Å²) in [5.41, 5.74) is 5.44. The summed E-state index contributed by atoms with van der Waals surface area (Å²) in [5.74, 6) is -0.440. The molecule has 0 spiro atoms. The van der Waals surface area contributed by atoms with E-state index in [2.05, 4.69) is 10.3 Å². The SMILES string of the molecule is C[C@@]1(c2cc(NC(=O)Oc3ccc(Cl)s3)ccc2F)CCOC(N)=N1. The molecule has 2 aromatic rings. The third-order valence-electron chi connectivity index (χ3n) is 3.73. The number of nitrogens with one attached hydrogen (secondary N) is 1. The van der Waals surface area contributed by atoms with Gasteiger partial charge in [0.05, 0.1) is 16.5 Å². The second-order valence-electron chi connectivity index (χ2n) is 5.59. The molecule has 25 heavy (non-hydrogen) atoms. The molecule has 2 heterocycles. The summed E-state index contributed by atoms with van der Waals surface area (Å²) in [6, 6.07) is 7.44. The molecule has 132 valence electrons. The number of amidine groups is 1. The summed E-state index contributed by atoms with van der Waals surface area (Å²) < 4.78 is 25.0. The summed E-state index contributed by atoms with van der Waals surface area (Å²) in [5, 5.41) is 2.92. The number of nitrogens with two attached hydrogens (primary N) is 1. The maximum Gasteiger partial charge on any atom is 0.417 e. The minimum atomic E-state index is -0.866. The molecule has 1 amide bonds. The molecule has 1 aromatic carbocycles. The Hall–Kier alpha value is -2.32. The predicted octanol–water partition coefficient (Wildman–Crippen LogP) is 4.10. The Kier molecular flexibility index (Phi) is 4.82. The van der Waals surface area contributed by atoms with Gasteiger partial charge in [0, 0.05) is 17.7 Å². The summed E-state index contributed by atoms with van der Waals surface area (Å²) >= 11 is 6.92. The smallest absolute Gasteiger partial charge is 0.417 e. The van der Waals surface area contributed by atoms with Crippen molar-refractivity contribution >= 4 is 40.7 Å². The summed E-state index contributed by atoms with van der Waals surface area (Å²) in [4.78, 5) is 16.2. The second-order valence-corrected chi connectivity index (χ2v) is 7.27. The van der Waals surface area contributed by atoms with Crippen molar-refractivity contribution in [2.75, 3.05) is 11.9 Å². The third-order valence-corrected chi connectivity index (χ3v) is 4.84. The van der Waals surface area contributed by atoms with Crippen LogP contribution in [0.5, 0.6) is 5.06 Å². The van der Waals surface area contributed by atoms with Gasteiger partial charge in [0.25, 0.3) is 6.02 Å². The first-order chi connectivity index (χ1) is 11.9. The van der Waals surface area contributed by atoms with E-state index in [0.717, 1.165) is 11.3 Å². The van der Waals surface area contributed by atoms with E-state index in [1.165, 1.54) is 18.2 Å². The van der Waals surface area contributed by atoms with Crippen molar-refractivity contribution in [2.24, 2.45) is 10.7 Å². The van der Waals surface area contributed by atoms with Crippen molar-refractivity contribution in [3.05, 3.63) is 46.0 Å². The van der Waals surface area contributed by atoms with Crippen LogP contribution in [0.1, 0.15) is 18.9 Å². The Morgan fingerprint density at radius 1 is 1.48 bits per heavy atom. The number of halogens is 2. The van der Waals surface area contributed by atoms with Crippen LogP contribution >= 0.6 is 22.9 Å². The highest BCUT2D eigenvalue weighted by molar-refractivity contribution is 7.17. The molecule has 1 aliphatic heterocycles. The van der Waals surface area contributed by atoms with Crippen molar-refractivity contribution in [1.29, 1.82) is 0 Å². The third kappa shape index (κ3) is 4.02. The normalized spacial score (nSPS) is 19.7. The molecule has 0 saturated carbocycles. The lowest BCUT2D eigenvalue weighted by Crippen LogP contribution is -2.34. The number of thiophene rings is 1. The molecule has 0 saturated heterocycles. The zero-order valence-corrected chi connectivity index (χ0v) is 14.8. The highest BCUT2D eigenvalue weighted by Gasteiger charge is 2.33. The largest absolute Gasteiger partial charge is 0.465 e. The quantitative estimate of drug-likeness (QED) is 0.835. The molecule has 9 heteroatoms. The van der Waals surface area contributed by atoms with Gasteiger partial charge in [-0.25, -0.2) is 14.2 Å². The highest BCUT2D eigenvalue weighted by Crippen LogP contribution is 2.35.